The molecule has 0 bridgehead atoms. The summed E-state index contributed by atoms with van der Waals surface area (Å²) in [5.41, 5.74) is 2.58. The van der Waals surface area contributed by atoms with Crippen molar-refractivity contribution in [2.24, 2.45) is 0 Å². The molecule has 106 valence electrons. The van der Waals surface area contributed by atoms with Gasteiger partial charge in [0.2, 0.25) is 0 Å². The minimum atomic E-state index is -0.825. The van der Waals surface area contributed by atoms with Crippen LogP contribution in [-0.4, -0.2) is 16.2 Å². The van der Waals surface area contributed by atoms with Gasteiger partial charge in [-0.05, 0) is 42.4 Å². The van der Waals surface area contributed by atoms with E-state index >= 15 is 0 Å². The van der Waals surface area contributed by atoms with Crippen molar-refractivity contribution in [2.45, 2.75) is 58.8 Å². The molecule has 0 radical (unpaired) electrons. The van der Waals surface area contributed by atoms with Crippen molar-refractivity contribution in [3.8, 4) is 5.75 Å². The van der Waals surface area contributed by atoms with Crippen LogP contribution in [0.1, 0.15) is 56.2 Å². The first-order valence-electron chi connectivity index (χ1n) is 7.13. The maximum atomic E-state index is 10.8. The van der Waals surface area contributed by atoms with Gasteiger partial charge in [0.25, 0.3) is 0 Å². The van der Waals surface area contributed by atoms with Gasteiger partial charge in [-0.1, -0.05) is 38.8 Å². The van der Waals surface area contributed by atoms with Crippen molar-refractivity contribution in [1.82, 2.24) is 0 Å². The predicted molar refractivity (Wildman–Crippen MR) is 76.7 cm³/mol. The lowest BCUT2D eigenvalue weighted by atomic mass is 9.96. The molecule has 2 N–H and O–H groups in total. The zero-order valence-corrected chi connectivity index (χ0v) is 11.9. The van der Waals surface area contributed by atoms with Crippen LogP contribution >= 0.6 is 0 Å². The Labute approximate surface area is 115 Å². The average Bonchev–Trinajstić information content (AvgIpc) is 2.36. The molecule has 0 aliphatic carbocycles. The highest BCUT2D eigenvalue weighted by atomic mass is 16.4. The maximum Gasteiger partial charge on any atom is 0.307 e. The van der Waals surface area contributed by atoms with Crippen LogP contribution in [0.3, 0.4) is 0 Å². The third kappa shape index (κ3) is 4.93. The highest BCUT2D eigenvalue weighted by Crippen LogP contribution is 2.28. The monoisotopic (exact) mass is 264 g/mol. The number of unbranched alkanes of at least 4 members (excludes halogenated alkanes) is 2. The van der Waals surface area contributed by atoms with Crippen LogP contribution < -0.4 is 0 Å². The fourth-order valence-electron chi connectivity index (χ4n) is 2.22. The number of carbonyl (C=O) groups is 1. The highest BCUT2D eigenvalue weighted by Gasteiger charge is 2.11. The summed E-state index contributed by atoms with van der Waals surface area (Å²) >= 11 is 0. The number of benzene rings is 1. The van der Waals surface area contributed by atoms with Gasteiger partial charge in [0.05, 0.1) is 6.42 Å². The molecule has 0 fully saturated rings. The van der Waals surface area contributed by atoms with E-state index in [9.17, 15) is 9.90 Å². The number of aromatic hydroxyl groups is 1. The van der Waals surface area contributed by atoms with Crippen molar-refractivity contribution in [1.29, 1.82) is 0 Å². The highest BCUT2D eigenvalue weighted by molar-refractivity contribution is 5.70. The zero-order valence-electron chi connectivity index (χ0n) is 11.9. The van der Waals surface area contributed by atoms with E-state index in [1.165, 1.54) is 0 Å². The minimum Gasteiger partial charge on any atom is -0.507 e. The molecule has 0 heterocycles. The van der Waals surface area contributed by atoms with Crippen molar-refractivity contribution in [3.63, 3.8) is 0 Å². The summed E-state index contributed by atoms with van der Waals surface area (Å²) in [5.74, 6) is -0.454. The Balaban J connectivity index is 3.02. The first-order chi connectivity index (χ1) is 9.08. The van der Waals surface area contributed by atoms with Gasteiger partial charge in [0, 0.05) is 0 Å². The number of phenols is 1. The summed E-state index contributed by atoms with van der Waals surface area (Å²) in [6, 6.07) is 3.68. The predicted octanol–water partition coefficient (Wildman–Crippen LogP) is 3.70. The van der Waals surface area contributed by atoms with Crippen molar-refractivity contribution in [3.05, 3.63) is 28.8 Å². The Morgan fingerprint density at radius 2 is 1.53 bits per heavy atom. The quantitative estimate of drug-likeness (QED) is 0.752. The summed E-state index contributed by atoms with van der Waals surface area (Å²) in [6.45, 7) is 4.21. The topological polar surface area (TPSA) is 57.5 Å². The lowest BCUT2D eigenvalue weighted by Gasteiger charge is -2.12. The van der Waals surface area contributed by atoms with E-state index in [2.05, 4.69) is 13.8 Å². The second-order valence-electron chi connectivity index (χ2n) is 5.04. The third-order valence-corrected chi connectivity index (χ3v) is 3.28. The smallest absolute Gasteiger partial charge is 0.307 e. The number of aryl methyl sites for hydroxylation is 2. The molecule has 0 amide bonds. The van der Waals surface area contributed by atoms with Crippen LogP contribution in [0.2, 0.25) is 0 Å². The molecular formula is C16H24O3. The van der Waals surface area contributed by atoms with Crippen molar-refractivity contribution in [2.75, 3.05) is 0 Å². The van der Waals surface area contributed by atoms with Gasteiger partial charge in [-0.25, -0.2) is 0 Å². The number of hydrogen-bond donors (Lipinski definition) is 2. The van der Waals surface area contributed by atoms with Gasteiger partial charge in [0.1, 0.15) is 5.75 Å². The summed E-state index contributed by atoms with van der Waals surface area (Å²) < 4.78 is 0. The second-order valence-corrected chi connectivity index (χ2v) is 5.04. The summed E-state index contributed by atoms with van der Waals surface area (Å²) in [5, 5.41) is 19.2. The maximum absolute atomic E-state index is 10.8. The molecule has 0 aromatic heterocycles. The standard InChI is InChI=1S/C16H24O3/c1-3-5-7-13-9-12(11-15(17)18)10-14(16(13)19)8-6-4-2/h9-10,19H,3-8,11H2,1-2H3,(H,17,18). The van der Waals surface area contributed by atoms with E-state index in [1.807, 2.05) is 12.1 Å². The van der Waals surface area contributed by atoms with Gasteiger partial charge in [-0.3, -0.25) is 4.79 Å². The van der Waals surface area contributed by atoms with Crippen LogP contribution in [0.4, 0.5) is 0 Å². The van der Waals surface area contributed by atoms with E-state index in [0.29, 0.717) is 5.75 Å². The molecule has 0 saturated carbocycles. The van der Waals surface area contributed by atoms with Crippen molar-refractivity contribution < 1.29 is 15.0 Å². The molecule has 0 saturated heterocycles. The lowest BCUT2D eigenvalue weighted by Crippen LogP contribution is -2.03. The number of carboxylic acid groups (broad SMARTS) is 1. The van der Waals surface area contributed by atoms with Gasteiger partial charge in [0.15, 0.2) is 0 Å². The molecule has 0 unspecified atom stereocenters. The Morgan fingerprint density at radius 1 is 1.05 bits per heavy atom. The average molecular weight is 264 g/mol. The van der Waals surface area contributed by atoms with Crippen LogP contribution in [-0.2, 0) is 24.1 Å². The number of aliphatic carboxylic acids is 1. The van der Waals surface area contributed by atoms with E-state index < -0.39 is 5.97 Å². The van der Waals surface area contributed by atoms with Gasteiger partial charge in [-0.15, -0.1) is 0 Å². The molecule has 0 atom stereocenters. The molecule has 1 aromatic rings. The number of carboxylic acids is 1. The Bertz CT molecular complexity index is 395. The summed E-state index contributed by atoms with van der Waals surface area (Å²) in [4.78, 5) is 10.8. The minimum absolute atomic E-state index is 0.0263. The van der Waals surface area contributed by atoms with Crippen molar-refractivity contribution >= 4 is 5.97 Å². The van der Waals surface area contributed by atoms with Gasteiger partial charge < -0.3 is 10.2 Å². The third-order valence-electron chi connectivity index (χ3n) is 3.28. The first-order valence-corrected chi connectivity index (χ1v) is 7.13. The number of rotatable bonds is 8. The first kappa shape index (κ1) is 15.5. The molecule has 0 spiro atoms. The van der Waals surface area contributed by atoms with E-state index in [4.69, 9.17) is 5.11 Å². The SMILES string of the molecule is CCCCc1cc(CC(=O)O)cc(CCCC)c1O. The normalized spacial score (nSPS) is 10.6. The zero-order chi connectivity index (χ0) is 14.3. The van der Waals surface area contributed by atoms with E-state index in [1.54, 1.807) is 0 Å². The molecule has 3 heteroatoms. The van der Waals surface area contributed by atoms with Crippen LogP contribution in [0.25, 0.3) is 0 Å². The number of phenolic OH excluding ortho intramolecular Hbond substituents is 1. The largest absolute Gasteiger partial charge is 0.507 e. The molecule has 19 heavy (non-hydrogen) atoms. The molecule has 0 aliphatic heterocycles. The Hall–Kier alpha value is -1.51. The molecule has 1 aromatic carbocycles. The lowest BCUT2D eigenvalue weighted by molar-refractivity contribution is -0.136. The Kier molecular flexibility index (Phi) is 6.40. The molecule has 3 nitrogen and oxygen atoms in total. The number of hydrogen-bond acceptors (Lipinski definition) is 2. The van der Waals surface area contributed by atoms with Crippen LogP contribution in [0, 0.1) is 0 Å². The van der Waals surface area contributed by atoms with Crippen LogP contribution in [0.5, 0.6) is 5.75 Å². The second kappa shape index (κ2) is 7.82. The van der Waals surface area contributed by atoms with Gasteiger partial charge >= 0.3 is 5.97 Å². The van der Waals surface area contributed by atoms with E-state index in [0.717, 1.165) is 55.2 Å². The van der Waals surface area contributed by atoms with Gasteiger partial charge in [-0.2, -0.15) is 0 Å². The fourth-order valence-corrected chi connectivity index (χ4v) is 2.22. The molecule has 1 rings (SSSR count). The Morgan fingerprint density at radius 3 is 1.89 bits per heavy atom. The molecular weight excluding hydrogens is 240 g/mol. The van der Waals surface area contributed by atoms with E-state index in [-0.39, 0.29) is 6.42 Å². The molecule has 0 aliphatic rings. The fraction of sp³-hybridized carbons (Fsp3) is 0.562. The van der Waals surface area contributed by atoms with Crippen LogP contribution in [0.15, 0.2) is 12.1 Å². The summed E-state index contributed by atoms with van der Waals surface area (Å²) in [7, 11) is 0. The summed E-state index contributed by atoms with van der Waals surface area (Å²) in [6.07, 6.45) is 5.80.